The molecule has 0 saturated carbocycles. The van der Waals surface area contributed by atoms with E-state index in [-0.39, 0.29) is 6.09 Å². The topological polar surface area (TPSA) is 77.7 Å². The van der Waals surface area contributed by atoms with Gasteiger partial charge in [0.1, 0.15) is 5.60 Å². The molecule has 6 heteroatoms. The zero-order valence-corrected chi connectivity index (χ0v) is 12.8. The Kier molecular flexibility index (Phi) is 4.55. The minimum absolute atomic E-state index is 0.254. The number of aromatic nitrogens is 1. The van der Waals surface area contributed by atoms with E-state index in [0.717, 1.165) is 6.42 Å². The summed E-state index contributed by atoms with van der Waals surface area (Å²) in [6.45, 7) is 7.51. The van der Waals surface area contributed by atoms with Crippen LogP contribution in [0, 0.1) is 5.92 Å². The number of nitrogens with two attached hydrogens (primary N) is 1. The number of nitrogen functional groups attached to an aromatic ring is 1. The van der Waals surface area contributed by atoms with Crippen molar-refractivity contribution in [3.05, 3.63) is 18.3 Å². The second kappa shape index (κ2) is 6.20. The minimum atomic E-state index is -0.459. The van der Waals surface area contributed by atoms with Crippen molar-refractivity contribution >= 4 is 11.8 Å². The largest absolute Gasteiger partial charge is 0.477 e. The number of hydrogen-bond donors (Lipinski definition) is 1. The van der Waals surface area contributed by atoms with Crippen LogP contribution in [0.2, 0.25) is 0 Å². The zero-order chi connectivity index (χ0) is 15.5. The molecule has 0 spiro atoms. The van der Waals surface area contributed by atoms with Gasteiger partial charge in [-0.2, -0.15) is 0 Å². The van der Waals surface area contributed by atoms with Gasteiger partial charge in [-0.3, -0.25) is 0 Å². The van der Waals surface area contributed by atoms with E-state index in [1.54, 1.807) is 23.2 Å². The summed E-state index contributed by atoms with van der Waals surface area (Å²) in [7, 11) is 0. The number of nitrogens with zero attached hydrogens (tertiary/aromatic N) is 2. The molecular formula is C15H23N3O3. The van der Waals surface area contributed by atoms with Crippen LogP contribution in [0.25, 0.3) is 0 Å². The third-order valence-corrected chi connectivity index (χ3v) is 3.16. The highest BCUT2D eigenvalue weighted by molar-refractivity contribution is 5.68. The number of anilines is 1. The molecular weight excluding hydrogens is 270 g/mol. The normalized spacial score (nSPS) is 18.6. The maximum Gasteiger partial charge on any atom is 0.410 e. The lowest BCUT2D eigenvalue weighted by molar-refractivity contribution is 0.0284. The molecule has 1 amide bonds. The Hall–Kier alpha value is -1.98. The minimum Gasteiger partial charge on any atom is -0.477 e. The molecule has 1 atom stereocenters. The third-order valence-electron chi connectivity index (χ3n) is 3.16. The van der Waals surface area contributed by atoms with Gasteiger partial charge < -0.3 is 20.1 Å². The van der Waals surface area contributed by atoms with Crippen LogP contribution in [0.1, 0.15) is 27.2 Å². The van der Waals surface area contributed by atoms with Crippen LogP contribution in [0.3, 0.4) is 0 Å². The molecule has 6 nitrogen and oxygen atoms in total. The van der Waals surface area contributed by atoms with Gasteiger partial charge in [-0.1, -0.05) is 0 Å². The molecule has 0 bridgehead atoms. The van der Waals surface area contributed by atoms with E-state index in [2.05, 4.69) is 4.98 Å². The molecule has 2 N–H and O–H groups in total. The monoisotopic (exact) mass is 293 g/mol. The second-order valence-corrected chi connectivity index (χ2v) is 6.32. The molecule has 0 radical (unpaired) electrons. The van der Waals surface area contributed by atoms with Gasteiger partial charge in [-0.25, -0.2) is 9.78 Å². The number of amides is 1. The van der Waals surface area contributed by atoms with Gasteiger partial charge in [0.2, 0.25) is 5.88 Å². The van der Waals surface area contributed by atoms with E-state index < -0.39 is 5.60 Å². The second-order valence-electron chi connectivity index (χ2n) is 6.32. The van der Waals surface area contributed by atoms with Crippen molar-refractivity contribution in [1.29, 1.82) is 0 Å². The van der Waals surface area contributed by atoms with Gasteiger partial charge in [-0.15, -0.1) is 0 Å². The first-order valence-electron chi connectivity index (χ1n) is 7.16. The van der Waals surface area contributed by atoms with Crippen LogP contribution >= 0.6 is 0 Å². The Bertz CT molecular complexity index is 482. The fourth-order valence-corrected chi connectivity index (χ4v) is 2.14. The predicted octanol–water partition coefficient (Wildman–Crippen LogP) is 2.30. The first-order chi connectivity index (χ1) is 9.83. The molecule has 0 aromatic carbocycles. The molecule has 21 heavy (non-hydrogen) atoms. The lowest BCUT2D eigenvalue weighted by atomic mass is 10.1. The number of carbonyl (C=O) groups excluding carboxylic acids is 1. The molecule has 1 aliphatic heterocycles. The molecule has 2 rings (SSSR count). The highest BCUT2D eigenvalue weighted by Gasteiger charge is 2.30. The van der Waals surface area contributed by atoms with E-state index >= 15 is 0 Å². The molecule has 1 saturated heterocycles. The van der Waals surface area contributed by atoms with E-state index in [1.807, 2.05) is 20.8 Å². The Morgan fingerprint density at radius 3 is 2.86 bits per heavy atom. The van der Waals surface area contributed by atoms with Crippen molar-refractivity contribution in [1.82, 2.24) is 9.88 Å². The molecule has 1 fully saturated rings. The number of rotatable bonds is 3. The standard InChI is InChI=1S/C15H23N3O3/c1-15(2,3)21-14(19)18-7-6-11(9-18)10-20-13-5-4-12(16)8-17-13/h4-5,8,11H,6-7,9-10,16H2,1-3H3/t11-/m0/s1. The smallest absolute Gasteiger partial charge is 0.410 e. The lowest BCUT2D eigenvalue weighted by Crippen LogP contribution is -2.35. The predicted molar refractivity (Wildman–Crippen MR) is 80.1 cm³/mol. The molecule has 116 valence electrons. The van der Waals surface area contributed by atoms with E-state index in [0.29, 0.717) is 37.2 Å². The van der Waals surface area contributed by atoms with Gasteiger partial charge in [0.25, 0.3) is 0 Å². The Morgan fingerprint density at radius 1 is 1.48 bits per heavy atom. The van der Waals surface area contributed by atoms with Crippen molar-refractivity contribution in [2.24, 2.45) is 5.92 Å². The highest BCUT2D eigenvalue weighted by atomic mass is 16.6. The molecule has 1 aromatic rings. The van der Waals surface area contributed by atoms with Crippen molar-refractivity contribution in [2.45, 2.75) is 32.8 Å². The van der Waals surface area contributed by atoms with Crippen molar-refractivity contribution in [3.63, 3.8) is 0 Å². The van der Waals surface area contributed by atoms with Gasteiger partial charge in [0.15, 0.2) is 0 Å². The van der Waals surface area contributed by atoms with Gasteiger partial charge in [0, 0.05) is 25.1 Å². The number of ether oxygens (including phenoxy) is 2. The lowest BCUT2D eigenvalue weighted by Gasteiger charge is -2.24. The molecule has 1 aromatic heterocycles. The van der Waals surface area contributed by atoms with Crippen molar-refractivity contribution in [3.8, 4) is 5.88 Å². The summed E-state index contributed by atoms with van der Waals surface area (Å²) in [5.74, 6) is 0.858. The average molecular weight is 293 g/mol. The third kappa shape index (κ3) is 4.81. The first kappa shape index (κ1) is 15.4. The zero-order valence-electron chi connectivity index (χ0n) is 12.8. The van der Waals surface area contributed by atoms with Crippen LogP contribution in [0.5, 0.6) is 5.88 Å². The van der Waals surface area contributed by atoms with Crippen LogP contribution < -0.4 is 10.5 Å². The molecule has 1 aliphatic rings. The fraction of sp³-hybridized carbons (Fsp3) is 0.600. The SMILES string of the molecule is CC(C)(C)OC(=O)N1CC[C@H](COc2ccc(N)cn2)C1. The quantitative estimate of drug-likeness (QED) is 0.925. The Morgan fingerprint density at radius 2 is 2.24 bits per heavy atom. The fourth-order valence-electron chi connectivity index (χ4n) is 2.14. The summed E-state index contributed by atoms with van der Waals surface area (Å²) in [6, 6.07) is 3.50. The number of pyridine rings is 1. The van der Waals surface area contributed by atoms with Crippen LogP contribution in [-0.2, 0) is 4.74 Å². The molecule has 0 aliphatic carbocycles. The number of hydrogen-bond acceptors (Lipinski definition) is 5. The molecule has 2 heterocycles. The van der Waals surface area contributed by atoms with Gasteiger partial charge in [-0.05, 0) is 33.3 Å². The highest BCUT2D eigenvalue weighted by Crippen LogP contribution is 2.20. The summed E-state index contributed by atoms with van der Waals surface area (Å²) in [5, 5.41) is 0. The summed E-state index contributed by atoms with van der Waals surface area (Å²) < 4.78 is 11.0. The summed E-state index contributed by atoms with van der Waals surface area (Å²) in [6.07, 6.45) is 2.22. The Labute approximate surface area is 125 Å². The van der Waals surface area contributed by atoms with Crippen LogP contribution in [0.15, 0.2) is 18.3 Å². The van der Waals surface area contributed by atoms with Crippen LogP contribution in [0.4, 0.5) is 10.5 Å². The number of carbonyl (C=O) groups is 1. The first-order valence-corrected chi connectivity index (χ1v) is 7.16. The van der Waals surface area contributed by atoms with Gasteiger partial charge >= 0.3 is 6.09 Å². The Balaban J connectivity index is 1.77. The average Bonchev–Trinajstić information content (AvgIpc) is 2.85. The summed E-state index contributed by atoms with van der Waals surface area (Å²) in [5.41, 5.74) is 5.72. The van der Waals surface area contributed by atoms with E-state index in [4.69, 9.17) is 15.2 Å². The maximum atomic E-state index is 12.0. The van der Waals surface area contributed by atoms with E-state index in [9.17, 15) is 4.79 Å². The van der Waals surface area contributed by atoms with Crippen molar-refractivity contribution < 1.29 is 14.3 Å². The number of likely N-dealkylation sites (tertiary alicyclic amines) is 1. The van der Waals surface area contributed by atoms with Gasteiger partial charge in [0.05, 0.1) is 18.5 Å². The van der Waals surface area contributed by atoms with E-state index in [1.165, 1.54) is 0 Å². The maximum absolute atomic E-state index is 12.0. The summed E-state index contributed by atoms with van der Waals surface area (Å²) >= 11 is 0. The van der Waals surface area contributed by atoms with Crippen LogP contribution in [-0.4, -0.2) is 41.3 Å². The summed E-state index contributed by atoms with van der Waals surface area (Å²) in [4.78, 5) is 17.8. The molecule has 0 unspecified atom stereocenters. The van der Waals surface area contributed by atoms with Crippen molar-refractivity contribution in [2.75, 3.05) is 25.4 Å².